The second kappa shape index (κ2) is 11.7. The second-order valence-corrected chi connectivity index (χ2v) is 7.97. The van der Waals surface area contributed by atoms with E-state index in [-0.39, 0.29) is 0 Å². The van der Waals surface area contributed by atoms with Gasteiger partial charge in [-0.3, -0.25) is 0 Å². The summed E-state index contributed by atoms with van der Waals surface area (Å²) >= 11 is 0. The number of hydrogen-bond donors (Lipinski definition) is 0. The molecule has 3 aromatic carbocycles. The molecule has 0 saturated carbocycles. The van der Waals surface area contributed by atoms with Crippen molar-refractivity contribution >= 4 is 21.5 Å². The fourth-order valence-corrected chi connectivity index (χ4v) is 3.84. The molecule has 0 radical (unpaired) electrons. The number of unbranched alkanes of at least 4 members (excludes halogenated alkanes) is 7. The number of rotatable bonds is 13. The van der Waals surface area contributed by atoms with Gasteiger partial charge in [-0.2, -0.15) is 0 Å². The lowest BCUT2D eigenvalue weighted by molar-refractivity contribution is 0.304. The molecule has 0 aliphatic carbocycles. The Morgan fingerprint density at radius 1 is 0.586 bits per heavy atom. The molecule has 0 aliphatic rings. The smallest absolute Gasteiger partial charge is 0.127 e. The van der Waals surface area contributed by atoms with Crippen LogP contribution in [-0.4, -0.2) is 13.2 Å². The quantitative estimate of drug-likeness (QED) is 0.215. The Labute approximate surface area is 176 Å². The summed E-state index contributed by atoms with van der Waals surface area (Å²) in [6.07, 6.45) is 11.4. The molecule has 2 heteroatoms. The summed E-state index contributed by atoms with van der Waals surface area (Å²) in [6.45, 7) is 6.04. The highest BCUT2D eigenvalue weighted by molar-refractivity contribution is 6.09. The van der Waals surface area contributed by atoms with E-state index in [1.54, 1.807) is 0 Å². The van der Waals surface area contributed by atoms with Gasteiger partial charge in [-0.25, -0.2) is 0 Å². The first-order valence-electron chi connectivity index (χ1n) is 11.5. The monoisotopic (exact) mass is 392 g/mol. The molecule has 0 bridgehead atoms. The maximum Gasteiger partial charge on any atom is 0.127 e. The van der Waals surface area contributed by atoms with Gasteiger partial charge < -0.3 is 9.47 Å². The van der Waals surface area contributed by atoms with E-state index >= 15 is 0 Å². The molecule has 0 saturated heterocycles. The van der Waals surface area contributed by atoms with E-state index in [0.717, 1.165) is 44.0 Å². The number of fused-ring (bicyclic) bond motifs is 3. The van der Waals surface area contributed by atoms with Gasteiger partial charge in [-0.15, -0.1) is 0 Å². The third kappa shape index (κ3) is 6.13. The standard InChI is InChI=1S/C27H36O2/c1-3-5-7-8-9-10-11-20-28-23-16-18-24-22(21-23)15-17-26-25(24)13-12-14-27(26)29-19-6-4-2/h12-18,21H,3-11,19-20H2,1-2H3. The third-order valence-electron chi connectivity index (χ3n) is 5.58. The van der Waals surface area contributed by atoms with Crippen LogP contribution < -0.4 is 9.47 Å². The minimum atomic E-state index is 0.777. The maximum absolute atomic E-state index is 6.02. The highest BCUT2D eigenvalue weighted by Gasteiger charge is 2.07. The lowest BCUT2D eigenvalue weighted by Gasteiger charge is -2.12. The molecule has 0 heterocycles. The maximum atomic E-state index is 6.02. The highest BCUT2D eigenvalue weighted by atomic mass is 16.5. The molecular formula is C27H36O2. The summed E-state index contributed by atoms with van der Waals surface area (Å²) in [4.78, 5) is 0. The van der Waals surface area contributed by atoms with Gasteiger partial charge in [0, 0.05) is 5.39 Å². The van der Waals surface area contributed by atoms with Crippen LogP contribution in [0.5, 0.6) is 11.5 Å². The van der Waals surface area contributed by atoms with Gasteiger partial charge in [-0.1, -0.05) is 89.1 Å². The predicted molar refractivity (Wildman–Crippen MR) is 125 cm³/mol. The summed E-state index contributed by atoms with van der Waals surface area (Å²) < 4.78 is 12.0. The molecule has 0 amide bonds. The fourth-order valence-electron chi connectivity index (χ4n) is 3.84. The number of ether oxygens (including phenoxy) is 2. The van der Waals surface area contributed by atoms with Gasteiger partial charge in [0.25, 0.3) is 0 Å². The van der Waals surface area contributed by atoms with Crippen LogP contribution in [0.3, 0.4) is 0 Å². The summed E-state index contributed by atoms with van der Waals surface area (Å²) in [6, 6.07) is 17.2. The zero-order chi connectivity index (χ0) is 20.3. The van der Waals surface area contributed by atoms with Gasteiger partial charge in [-0.05, 0) is 47.2 Å². The molecule has 29 heavy (non-hydrogen) atoms. The molecule has 3 aromatic rings. The molecule has 0 atom stereocenters. The van der Waals surface area contributed by atoms with Gasteiger partial charge in [0.15, 0.2) is 0 Å². The van der Waals surface area contributed by atoms with Crippen molar-refractivity contribution in [2.45, 2.75) is 71.6 Å². The fraction of sp³-hybridized carbons (Fsp3) is 0.481. The van der Waals surface area contributed by atoms with E-state index in [9.17, 15) is 0 Å². The first kappa shape index (κ1) is 21.5. The Balaban J connectivity index is 1.61. The van der Waals surface area contributed by atoms with Crippen LogP contribution in [0.2, 0.25) is 0 Å². The van der Waals surface area contributed by atoms with E-state index in [0.29, 0.717) is 0 Å². The Morgan fingerprint density at radius 2 is 1.31 bits per heavy atom. The molecule has 0 fully saturated rings. The SMILES string of the molecule is CCCCCCCCCOc1ccc2c(ccc3c(OCCCC)cccc32)c1. The summed E-state index contributed by atoms with van der Waals surface area (Å²) in [5.41, 5.74) is 0. The molecule has 0 spiro atoms. The molecule has 3 rings (SSSR count). The molecule has 156 valence electrons. The van der Waals surface area contributed by atoms with E-state index in [2.05, 4.69) is 62.4 Å². The number of hydrogen-bond acceptors (Lipinski definition) is 2. The van der Waals surface area contributed by atoms with Crippen molar-refractivity contribution in [2.24, 2.45) is 0 Å². The average Bonchev–Trinajstić information content (AvgIpc) is 2.75. The minimum absolute atomic E-state index is 0.777. The summed E-state index contributed by atoms with van der Waals surface area (Å²) in [7, 11) is 0. The van der Waals surface area contributed by atoms with Crippen LogP contribution >= 0.6 is 0 Å². The van der Waals surface area contributed by atoms with Crippen molar-refractivity contribution in [2.75, 3.05) is 13.2 Å². The van der Waals surface area contributed by atoms with Gasteiger partial charge in [0.1, 0.15) is 11.5 Å². The lowest BCUT2D eigenvalue weighted by Crippen LogP contribution is -1.98. The van der Waals surface area contributed by atoms with Crippen LogP contribution in [0.4, 0.5) is 0 Å². The molecule has 0 N–H and O–H groups in total. The van der Waals surface area contributed by atoms with Crippen LogP contribution in [-0.2, 0) is 0 Å². The van der Waals surface area contributed by atoms with E-state index in [1.165, 1.54) is 60.1 Å². The Kier molecular flexibility index (Phi) is 8.67. The van der Waals surface area contributed by atoms with Crippen molar-refractivity contribution in [1.29, 1.82) is 0 Å². The van der Waals surface area contributed by atoms with Gasteiger partial charge in [0.2, 0.25) is 0 Å². The normalized spacial score (nSPS) is 11.2. The van der Waals surface area contributed by atoms with Crippen molar-refractivity contribution in [3.63, 3.8) is 0 Å². The molecule has 0 unspecified atom stereocenters. The minimum Gasteiger partial charge on any atom is -0.494 e. The first-order chi connectivity index (χ1) is 14.3. The zero-order valence-electron chi connectivity index (χ0n) is 18.2. The van der Waals surface area contributed by atoms with Crippen LogP contribution in [0, 0.1) is 0 Å². The zero-order valence-corrected chi connectivity index (χ0v) is 18.2. The molecular weight excluding hydrogens is 356 g/mol. The first-order valence-corrected chi connectivity index (χ1v) is 11.5. The van der Waals surface area contributed by atoms with E-state index in [4.69, 9.17) is 9.47 Å². The summed E-state index contributed by atoms with van der Waals surface area (Å²) in [5, 5.41) is 4.91. The van der Waals surface area contributed by atoms with Crippen LogP contribution in [0.1, 0.15) is 71.6 Å². The third-order valence-corrected chi connectivity index (χ3v) is 5.58. The van der Waals surface area contributed by atoms with Crippen LogP contribution in [0.25, 0.3) is 21.5 Å². The highest BCUT2D eigenvalue weighted by Crippen LogP contribution is 2.33. The van der Waals surface area contributed by atoms with Crippen molar-refractivity contribution < 1.29 is 9.47 Å². The van der Waals surface area contributed by atoms with Crippen molar-refractivity contribution in [1.82, 2.24) is 0 Å². The predicted octanol–water partition coefficient (Wildman–Crippen LogP) is 8.30. The van der Waals surface area contributed by atoms with Gasteiger partial charge in [0.05, 0.1) is 13.2 Å². The Morgan fingerprint density at radius 3 is 2.14 bits per heavy atom. The topological polar surface area (TPSA) is 18.5 Å². The van der Waals surface area contributed by atoms with E-state index < -0.39 is 0 Å². The Hall–Kier alpha value is -2.22. The molecule has 2 nitrogen and oxygen atoms in total. The molecule has 0 aliphatic heterocycles. The largest absolute Gasteiger partial charge is 0.494 e. The number of benzene rings is 3. The average molecular weight is 393 g/mol. The lowest BCUT2D eigenvalue weighted by atomic mass is 10.0. The Bertz CT molecular complexity index is 884. The second-order valence-electron chi connectivity index (χ2n) is 7.97. The van der Waals surface area contributed by atoms with E-state index in [1.807, 2.05) is 0 Å². The van der Waals surface area contributed by atoms with Crippen molar-refractivity contribution in [3.05, 3.63) is 48.5 Å². The van der Waals surface area contributed by atoms with Crippen molar-refractivity contribution in [3.8, 4) is 11.5 Å². The van der Waals surface area contributed by atoms with Crippen LogP contribution in [0.15, 0.2) is 48.5 Å². The summed E-state index contributed by atoms with van der Waals surface area (Å²) in [5.74, 6) is 1.95. The molecule has 0 aromatic heterocycles. The van der Waals surface area contributed by atoms with Gasteiger partial charge >= 0.3 is 0 Å².